The second-order valence-corrected chi connectivity index (χ2v) is 5.58. The van der Waals surface area contributed by atoms with Crippen molar-refractivity contribution in [2.45, 2.75) is 13.1 Å². The average Bonchev–Trinajstić information content (AvgIpc) is 2.64. The lowest BCUT2D eigenvalue weighted by atomic mass is 10.0. The predicted molar refractivity (Wildman–Crippen MR) is 87.9 cm³/mol. The average molecular weight is 340 g/mol. The quantitative estimate of drug-likeness (QED) is 0.783. The number of rotatable bonds is 2. The fourth-order valence-corrected chi connectivity index (χ4v) is 3.11. The van der Waals surface area contributed by atoms with Gasteiger partial charge in [-0.3, -0.25) is 4.79 Å². The van der Waals surface area contributed by atoms with E-state index in [-0.39, 0.29) is 13.3 Å². The van der Waals surface area contributed by atoms with Gasteiger partial charge in [-0.25, -0.2) is 4.79 Å². The number of ether oxygens (including phenoxy) is 2. The summed E-state index contributed by atoms with van der Waals surface area (Å²) in [6.45, 7) is 2.06. The summed E-state index contributed by atoms with van der Waals surface area (Å²) in [6.07, 6.45) is -1.53. The number of hydroxylamine groups is 2. The van der Waals surface area contributed by atoms with Crippen molar-refractivity contribution in [2.75, 3.05) is 18.2 Å². The molecule has 1 amide bonds. The Kier molecular flexibility index (Phi) is 3.68. The molecule has 0 N–H and O–H groups in total. The highest BCUT2D eigenvalue weighted by Crippen LogP contribution is 2.44. The van der Waals surface area contributed by atoms with Gasteiger partial charge in [0.15, 0.2) is 12.9 Å². The van der Waals surface area contributed by atoms with Gasteiger partial charge in [-0.1, -0.05) is 30.3 Å². The van der Waals surface area contributed by atoms with Crippen LogP contribution in [-0.4, -0.2) is 30.5 Å². The fourth-order valence-electron chi connectivity index (χ4n) is 3.11. The van der Waals surface area contributed by atoms with Crippen LogP contribution in [0, 0.1) is 0 Å². The zero-order valence-corrected chi connectivity index (χ0v) is 13.5. The van der Waals surface area contributed by atoms with E-state index in [1.165, 1.54) is 0 Å². The standard InChI is InChI=1S/C18H16N2O5/c1-2-23-18(22)25-20-16-13-8-4-6-10-15(13)24-11-19(16)14-9-5-3-7-12(14)17(20)21/h3-10,16H,2,11H2,1H3/t16-/m1/s1. The number of para-hydroxylation sites is 2. The molecule has 7 nitrogen and oxygen atoms in total. The molecular weight excluding hydrogens is 324 g/mol. The van der Waals surface area contributed by atoms with Gasteiger partial charge in [0.25, 0.3) is 5.91 Å². The maximum atomic E-state index is 12.9. The van der Waals surface area contributed by atoms with Gasteiger partial charge >= 0.3 is 6.16 Å². The Bertz CT molecular complexity index is 838. The Morgan fingerprint density at radius 2 is 1.96 bits per heavy atom. The smallest absolute Gasteiger partial charge is 0.473 e. The number of fused-ring (bicyclic) bond motifs is 5. The first kappa shape index (κ1) is 15.3. The second-order valence-electron chi connectivity index (χ2n) is 5.58. The topological polar surface area (TPSA) is 68.3 Å². The van der Waals surface area contributed by atoms with Crippen LogP contribution in [0.2, 0.25) is 0 Å². The molecular formula is C18H16N2O5. The third-order valence-corrected chi connectivity index (χ3v) is 4.15. The van der Waals surface area contributed by atoms with Crippen LogP contribution in [0.25, 0.3) is 0 Å². The lowest BCUT2D eigenvalue weighted by Gasteiger charge is -2.45. The number of anilines is 1. The van der Waals surface area contributed by atoms with E-state index < -0.39 is 18.2 Å². The van der Waals surface area contributed by atoms with Crippen LogP contribution < -0.4 is 9.64 Å². The van der Waals surface area contributed by atoms with Crippen molar-refractivity contribution in [1.29, 1.82) is 0 Å². The molecule has 0 fully saturated rings. The molecule has 128 valence electrons. The molecule has 2 aromatic rings. The molecule has 0 saturated carbocycles. The maximum absolute atomic E-state index is 12.9. The fraction of sp³-hybridized carbons (Fsp3) is 0.222. The summed E-state index contributed by atoms with van der Waals surface area (Å²) in [7, 11) is 0. The summed E-state index contributed by atoms with van der Waals surface area (Å²) in [5.74, 6) is 0.245. The zero-order chi connectivity index (χ0) is 17.4. The number of benzene rings is 2. The Morgan fingerprint density at radius 3 is 2.80 bits per heavy atom. The van der Waals surface area contributed by atoms with Gasteiger partial charge in [-0.2, -0.15) is 0 Å². The second kappa shape index (κ2) is 6.01. The number of amides is 1. The highest BCUT2D eigenvalue weighted by Gasteiger charge is 2.44. The first-order valence-corrected chi connectivity index (χ1v) is 7.96. The monoisotopic (exact) mass is 340 g/mol. The molecule has 7 heteroatoms. The van der Waals surface area contributed by atoms with E-state index in [4.69, 9.17) is 14.3 Å². The van der Waals surface area contributed by atoms with Gasteiger partial charge in [0.05, 0.1) is 17.9 Å². The van der Waals surface area contributed by atoms with Gasteiger partial charge in [-0.15, -0.1) is 5.06 Å². The summed E-state index contributed by atoms with van der Waals surface area (Å²) in [5, 5.41) is 1.06. The highest BCUT2D eigenvalue weighted by atomic mass is 16.8. The third kappa shape index (κ3) is 2.44. The Hall–Kier alpha value is -3.22. The molecule has 4 rings (SSSR count). The largest absolute Gasteiger partial charge is 0.533 e. The molecule has 0 aromatic heterocycles. The Labute approximate surface area is 144 Å². The van der Waals surface area contributed by atoms with Gasteiger partial charge in [0.1, 0.15) is 5.75 Å². The van der Waals surface area contributed by atoms with Gasteiger partial charge in [-0.05, 0) is 25.1 Å². The van der Waals surface area contributed by atoms with Crippen molar-refractivity contribution in [3.05, 3.63) is 59.7 Å². The third-order valence-electron chi connectivity index (χ3n) is 4.15. The van der Waals surface area contributed by atoms with Crippen molar-refractivity contribution in [1.82, 2.24) is 5.06 Å². The van der Waals surface area contributed by atoms with Gasteiger partial charge in [0, 0.05) is 5.56 Å². The minimum absolute atomic E-state index is 0.158. The van der Waals surface area contributed by atoms with Crippen LogP contribution in [0.5, 0.6) is 5.75 Å². The predicted octanol–water partition coefficient (Wildman–Crippen LogP) is 3.09. The summed E-state index contributed by atoms with van der Waals surface area (Å²) >= 11 is 0. The summed E-state index contributed by atoms with van der Waals surface area (Å²) < 4.78 is 10.6. The van der Waals surface area contributed by atoms with E-state index in [1.807, 2.05) is 41.3 Å². The normalized spacial score (nSPS) is 17.8. The zero-order valence-electron chi connectivity index (χ0n) is 13.5. The molecule has 2 heterocycles. The van der Waals surface area contributed by atoms with Crippen molar-refractivity contribution >= 4 is 17.7 Å². The SMILES string of the molecule is CCOC(=O)ON1C(=O)c2ccccc2N2COc3ccccc3[C@@H]12. The van der Waals surface area contributed by atoms with Crippen molar-refractivity contribution in [3.63, 3.8) is 0 Å². The van der Waals surface area contributed by atoms with E-state index in [1.54, 1.807) is 19.1 Å². The van der Waals surface area contributed by atoms with E-state index >= 15 is 0 Å². The number of hydrogen-bond donors (Lipinski definition) is 0. The van der Waals surface area contributed by atoms with E-state index in [9.17, 15) is 9.59 Å². The van der Waals surface area contributed by atoms with Crippen LogP contribution in [0.4, 0.5) is 10.5 Å². The molecule has 25 heavy (non-hydrogen) atoms. The highest BCUT2D eigenvalue weighted by molar-refractivity contribution is 6.02. The van der Waals surface area contributed by atoms with E-state index in [0.717, 1.165) is 16.3 Å². The molecule has 2 aliphatic heterocycles. The Morgan fingerprint density at radius 1 is 1.20 bits per heavy atom. The first-order valence-electron chi connectivity index (χ1n) is 7.96. The molecule has 2 aliphatic rings. The molecule has 0 spiro atoms. The van der Waals surface area contributed by atoms with Crippen molar-refractivity contribution in [3.8, 4) is 5.75 Å². The van der Waals surface area contributed by atoms with Crippen molar-refractivity contribution < 1.29 is 23.9 Å². The molecule has 2 aromatic carbocycles. The molecule has 0 aliphatic carbocycles. The Balaban J connectivity index is 1.82. The van der Waals surface area contributed by atoms with Crippen molar-refractivity contribution in [2.24, 2.45) is 0 Å². The number of carbonyl (C=O) groups excluding carboxylic acids is 2. The lowest BCUT2D eigenvalue weighted by molar-refractivity contribution is -0.129. The maximum Gasteiger partial charge on any atom is 0.533 e. The number of carbonyl (C=O) groups is 2. The molecule has 0 radical (unpaired) electrons. The van der Waals surface area contributed by atoms with E-state index in [2.05, 4.69) is 0 Å². The minimum Gasteiger partial charge on any atom is -0.473 e. The first-order chi connectivity index (χ1) is 12.2. The molecule has 0 bridgehead atoms. The van der Waals surface area contributed by atoms with Crippen LogP contribution >= 0.6 is 0 Å². The molecule has 0 unspecified atom stereocenters. The van der Waals surface area contributed by atoms with Gasteiger partial charge < -0.3 is 19.2 Å². The summed E-state index contributed by atoms with van der Waals surface area (Å²) in [5.41, 5.74) is 1.91. The van der Waals surface area contributed by atoms with E-state index in [0.29, 0.717) is 11.3 Å². The lowest BCUT2D eigenvalue weighted by Crippen LogP contribution is -2.53. The summed E-state index contributed by atoms with van der Waals surface area (Å²) in [6, 6.07) is 14.5. The number of hydrogen-bond acceptors (Lipinski definition) is 6. The van der Waals surface area contributed by atoms with Crippen LogP contribution in [-0.2, 0) is 9.57 Å². The van der Waals surface area contributed by atoms with Crippen LogP contribution in [0.1, 0.15) is 29.0 Å². The number of nitrogens with zero attached hydrogens (tertiary/aromatic N) is 2. The molecule has 0 saturated heterocycles. The van der Waals surface area contributed by atoms with Crippen LogP contribution in [0.3, 0.4) is 0 Å². The van der Waals surface area contributed by atoms with Crippen LogP contribution in [0.15, 0.2) is 48.5 Å². The van der Waals surface area contributed by atoms with Gasteiger partial charge in [0.2, 0.25) is 0 Å². The minimum atomic E-state index is -0.917. The summed E-state index contributed by atoms with van der Waals surface area (Å²) in [4.78, 5) is 31.9. The molecule has 1 atom stereocenters.